The Morgan fingerprint density at radius 3 is 3.17 bits per heavy atom. The topological polar surface area (TPSA) is 63.2 Å². The number of aryl methyl sites for hydroxylation is 1. The van der Waals surface area contributed by atoms with E-state index in [1.54, 1.807) is 6.08 Å². The van der Waals surface area contributed by atoms with E-state index in [-0.39, 0.29) is 17.4 Å². The van der Waals surface area contributed by atoms with Gasteiger partial charge in [-0.25, -0.2) is 4.98 Å². The number of pyridine rings is 1. The molecular weight excluding hydrogens is 358 g/mol. The van der Waals surface area contributed by atoms with Crippen LogP contribution in [0.15, 0.2) is 29.4 Å². The maximum Gasteiger partial charge on any atom is 0.242 e. The van der Waals surface area contributed by atoms with E-state index in [1.165, 1.54) is 0 Å². The summed E-state index contributed by atoms with van der Waals surface area (Å²) < 4.78 is 6.37. The zero-order valence-corrected chi connectivity index (χ0v) is 15.0. The number of nitrogens with zero attached hydrogens (tertiary/aromatic N) is 1. The van der Waals surface area contributed by atoms with Crippen LogP contribution in [0, 0.1) is 18.3 Å². The zero-order chi connectivity index (χ0) is 16.6. The molecule has 1 saturated heterocycles. The maximum absolute atomic E-state index is 12.5. The van der Waals surface area contributed by atoms with E-state index in [2.05, 4.69) is 45.1 Å². The van der Waals surface area contributed by atoms with Crippen LogP contribution in [0.4, 0.5) is 5.82 Å². The van der Waals surface area contributed by atoms with E-state index >= 15 is 0 Å². The number of carbonyl (C=O) groups excluding carboxylic acids is 1. The summed E-state index contributed by atoms with van der Waals surface area (Å²) in [4.78, 5) is 16.9. The van der Waals surface area contributed by atoms with Crippen molar-refractivity contribution in [1.29, 1.82) is 0 Å². The smallest absolute Gasteiger partial charge is 0.242 e. The van der Waals surface area contributed by atoms with Crippen LogP contribution in [-0.4, -0.2) is 36.2 Å². The average Bonchev–Trinajstić information content (AvgIpc) is 2.89. The van der Waals surface area contributed by atoms with Gasteiger partial charge in [0, 0.05) is 11.5 Å². The van der Waals surface area contributed by atoms with E-state index in [9.17, 15) is 4.79 Å². The van der Waals surface area contributed by atoms with Gasteiger partial charge >= 0.3 is 0 Å². The summed E-state index contributed by atoms with van der Waals surface area (Å²) in [6.07, 6.45) is 2.56. The van der Waals surface area contributed by atoms with Gasteiger partial charge in [-0.15, -0.1) is 6.58 Å². The number of carbonyl (C=O) groups is 1. The highest BCUT2D eigenvalue weighted by atomic mass is 79.9. The van der Waals surface area contributed by atoms with Crippen molar-refractivity contribution in [2.45, 2.75) is 32.4 Å². The molecule has 23 heavy (non-hydrogen) atoms. The van der Waals surface area contributed by atoms with Crippen molar-refractivity contribution in [1.82, 2.24) is 10.3 Å². The number of hydrogen-bond acceptors (Lipinski definition) is 4. The Labute approximate surface area is 145 Å². The second-order valence-corrected chi connectivity index (χ2v) is 7.33. The molecule has 0 bridgehead atoms. The number of fused-ring (bicyclic) bond motifs is 1. The Kier molecular flexibility index (Phi) is 4.58. The van der Waals surface area contributed by atoms with Gasteiger partial charge in [0.1, 0.15) is 10.4 Å². The Hall–Kier alpha value is -1.24. The Morgan fingerprint density at radius 2 is 2.43 bits per heavy atom. The van der Waals surface area contributed by atoms with Crippen molar-refractivity contribution >= 4 is 27.7 Å². The molecule has 1 saturated carbocycles. The summed E-state index contributed by atoms with van der Waals surface area (Å²) >= 11 is 3.34. The molecule has 0 aromatic carbocycles. The lowest BCUT2D eigenvalue weighted by Gasteiger charge is -2.18. The molecular formula is C17H22BrN3O2. The summed E-state index contributed by atoms with van der Waals surface area (Å²) in [5.74, 6) is 1.13. The highest BCUT2D eigenvalue weighted by Gasteiger charge is 2.67. The van der Waals surface area contributed by atoms with Crippen molar-refractivity contribution in [2.75, 3.05) is 18.5 Å². The van der Waals surface area contributed by atoms with Crippen LogP contribution in [-0.2, 0) is 9.53 Å². The minimum Gasteiger partial charge on any atom is -0.377 e. The zero-order valence-electron chi connectivity index (χ0n) is 13.4. The number of halogens is 1. The summed E-state index contributed by atoms with van der Waals surface area (Å²) in [5.41, 5.74) is 1.03. The van der Waals surface area contributed by atoms with E-state index in [1.807, 2.05) is 19.1 Å². The van der Waals surface area contributed by atoms with E-state index < -0.39 is 0 Å². The number of amides is 1. The standard InChI is InChI=1S/C17H22BrN3O2/c1-4-7-23-9-17-8-12(19-14(17)11(17)3)16(22)21-15-10(2)5-6-13(18)20-15/h4-6,11-12,14,19H,1,7-9H2,2-3H3,(H,20,21,22)/t11-,12-,14+,17+/m0/s1. The Balaban J connectivity index is 1.62. The van der Waals surface area contributed by atoms with Gasteiger partial charge in [-0.3, -0.25) is 4.79 Å². The van der Waals surface area contributed by atoms with Gasteiger partial charge in [-0.2, -0.15) is 0 Å². The van der Waals surface area contributed by atoms with Gasteiger partial charge in [-0.1, -0.05) is 19.1 Å². The summed E-state index contributed by atoms with van der Waals surface area (Å²) in [5, 5.41) is 6.38. The molecule has 6 heteroatoms. The average molecular weight is 380 g/mol. The van der Waals surface area contributed by atoms with E-state index in [0.29, 0.717) is 35.6 Å². The van der Waals surface area contributed by atoms with Crippen LogP contribution in [0.25, 0.3) is 0 Å². The van der Waals surface area contributed by atoms with Crippen LogP contribution in [0.2, 0.25) is 0 Å². The molecule has 124 valence electrons. The van der Waals surface area contributed by atoms with Crippen molar-refractivity contribution < 1.29 is 9.53 Å². The van der Waals surface area contributed by atoms with Crippen molar-refractivity contribution in [3.05, 3.63) is 35.0 Å². The Morgan fingerprint density at radius 1 is 1.65 bits per heavy atom. The lowest BCUT2D eigenvalue weighted by molar-refractivity contribution is -0.118. The maximum atomic E-state index is 12.5. The predicted molar refractivity (Wildman–Crippen MR) is 93.2 cm³/mol. The molecule has 0 spiro atoms. The number of ether oxygens (including phenoxy) is 1. The number of piperidine rings is 1. The van der Waals surface area contributed by atoms with Gasteiger partial charge in [0.05, 0.1) is 19.3 Å². The normalized spacial score (nSPS) is 31.5. The summed E-state index contributed by atoms with van der Waals surface area (Å²) in [6, 6.07) is 3.96. The summed E-state index contributed by atoms with van der Waals surface area (Å²) in [7, 11) is 0. The lowest BCUT2D eigenvalue weighted by Crippen LogP contribution is -2.39. The largest absolute Gasteiger partial charge is 0.377 e. The highest BCUT2D eigenvalue weighted by molar-refractivity contribution is 9.10. The van der Waals surface area contributed by atoms with Gasteiger partial charge in [-0.05, 0) is 46.8 Å². The van der Waals surface area contributed by atoms with Crippen LogP contribution >= 0.6 is 15.9 Å². The molecule has 1 aromatic heterocycles. The van der Waals surface area contributed by atoms with Crippen molar-refractivity contribution in [2.24, 2.45) is 11.3 Å². The third-order valence-corrected chi connectivity index (χ3v) is 5.55. The lowest BCUT2D eigenvalue weighted by atomic mass is 9.97. The number of aromatic nitrogens is 1. The first-order valence-electron chi connectivity index (χ1n) is 7.86. The fourth-order valence-electron chi connectivity index (χ4n) is 3.59. The predicted octanol–water partition coefficient (Wildman–Crippen LogP) is 2.66. The van der Waals surface area contributed by atoms with Gasteiger partial charge < -0.3 is 15.4 Å². The molecule has 2 fully saturated rings. The van der Waals surface area contributed by atoms with Crippen molar-refractivity contribution in [3.8, 4) is 0 Å². The molecule has 5 nitrogen and oxygen atoms in total. The SMILES string of the molecule is C=CCOC[C@@]12C[C@@H](C(=O)Nc3nc(Br)ccc3C)N[C@@H]1[C@@H]2C. The molecule has 4 atom stereocenters. The second kappa shape index (κ2) is 6.34. The molecule has 1 aliphatic heterocycles. The monoisotopic (exact) mass is 379 g/mol. The molecule has 1 aromatic rings. The minimum atomic E-state index is -0.191. The molecule has 3 rings (SSSR count). The highest BCUT2D eigenvalue weighted by Crippen LogP contribution is 2.59. The van der Waals surface area contributed by atoms with E-state index in [4.69, 9.17) is 4.74 Å². The fourth-order valence-corrected chi connectivity index (χ4v) is 3.90. The molecule has 2 aliphatic rings. The summed E-state index contributed by atoms with van der Waals surface area (Å²) in [6.45, 7) is 9.04. The van der Waals surface area contributed by atoms with Crippen LogP contribution in [0.5, 0.6) is 0 Å². The van der Waals surface area contributed by atoms with Gasteiger partial charge in [0.25, 0.3) is 0 Å². The molecule has 1 amide bonds. The molecule has 2 N–H and O–H groups in total. The fraction of sp³-hybridized carbons (Fsp3) is 0.529. The van der Waals surface area contributed by atoms with Crippen LogP contribution in [0.3, 0.4) is 0 Å². The first kappa shape index (κ1) is 16.6. The van der Waals surface area contributed by atoms with Crippen molar-refractivity contribution in [3.63, 3.8) is 0 Å². The van der Waals surface area contributed by atoms with E-state index in [0.717, 1.165) is 12.0 Å². The van der Waals surface area contributed by atoms with Gasteiger partial charge in [0.2, 0.25) is 5.91 Å². The Bertz CT molecular complexity index is 636. The van der Waals surface area contributed by atoms with Crippen LogP contribution in [0.1, 0.15) is 18.9 Å². The first-order valence-corrected chi connectivity index (χ1v) is 8.66. The molecule has 2 heterocycles. The number of hydrogen-bond donors (Lipinski definition) is 2. The minimum absolute atomic E-state index is 0.0267. The third kappa shape index (κ3) is 3.07. The quantitative estimate of drug-likeness (QED) is 0.453. The number of anilines is 1. The number of rotatable bonds is 6. The molecule has 1 aliphatic carbocycles. The third-order valence-electron chi connectivity index (χ3n) is 5.11. The van der Waals surface area contributed by atoms with Gasteiger partial charge in [0.15, 0.2) is 0 Å². The molecule has 0 unspecified atom stereocenters. The molecule has 0 radical (unpaired) electrons. The van der Waals surface area contributed by atoms with Crippen LogP contribution < -0.4 is 10.6 Å². The second-order valence-electron chi connectivity index (χ2n) is 6.52. The first-order chi connectivity index (χ1) is 11.0. The number of nitrogens with one attached hydrogen (secondary N) is 2.